The van der Waals surface area contributed by atoms with E-state index >= 15 is 0 Å². The van der Waals surface area contributed by atoms with Gasteiger partial charge in [0, 0.05) is 11.1 Å². The van der Waals surface area contributed by atoms with E-state index in [-0.39, 0.29) is 15.7 Å². The zero-order valence-corrected chi connectivity index (χ0v) is 10.9. The zero-order chi connectivity index (χ0) is 14.0. The van der Waals surface area contributed by atoms with Crippen molar-refractivity contribution in [1.29, 1.82) is 0 Å². The molecule has 3 nitrogen and oxygen atoms in total. The lowest BCUT2D eigenvalue weighted by Gasteiger charge is -2.07. The van der Waals surface area contributed by atoms with E-state index in [0.29, 0.717) is 6.07 Å². The maximum absolute atomic E-state index is 13.0. The van der Waals surface area contributed by atoms with Crippen LogP contribution in [0.5, 0.6) is 5.75 Å². The van der Waals surface area contributed by atoms with Crippen molar-refractivity contribution in [2.75, 3.05) is 0 Å². The Morgan fingerprint density at radius 3 is 2.37 bits per heavy atom. The number of benzene rings is 2. The van der Waals surface area contributed by atoms with Crippen LogP contribution in [-0.2, 0) is 10.1 Å². The summed E-state index contributed by atoms with van der Waals surface area (Å²) in [6.07, 6.45) is 0. The first-order valence-electron chi connectivity index (χ1n) is 5.03. The van der Waals surface area contributed by atoms with Crippen molar-refractivity contribution in [1.82, 2.24) is 0 Å². The van der Waals surface area contributed by atoms with Gasteiger partial charge in [0.1, 0.15) is 10.6 Å². The molecule has 0 N–H and O–H groups in total. The van der Waals surface area contributed by atoms with Crippen molar-refractivity contribution in [3.05, 3.63) is 59.1 Å². The predicted octanol–water partition coefficient (Wildman–Crippen LogP) is 3.39. The predicted molar refractivity (Wildman–Crippen MR) is 65.6 cm³/mol. The Morgan fingerprint density at radius 1 is 1.00 bits per heavy atom. The zero-order valence-electron chi connectivity index (χ0n) is 9.31. The van der Waals surface area contributed by atoms with Crippen molar-refractivity contribution < 1.29 is 21.4 Å². The fourth-order valence-corrected chi connectivity index (χ4v) is 2.55. The summed E-state index contributed by atoms with van der Waals surface area (Å²) in [4.78, 5) is -0.176. The van der Waals surface area contributed by atoms with Crippen molar-refractivity contribution in [3.63, 3.8) is 0 Å². The van der Waals surface area contributed by atoms with E-state index in [1.165, 1.54) is 24.3 Å². The van der Waals surface area contributed by atoms with Crippen LogP contribution in [0.4, 0.5) is 8.78 Å². The van der Waals surface area contributed by atoms with E-state index in [1.807, 2.05) is 0 Å². The molecule has 0 fully saturated rings. The minimum atomic E-state index is -4.14. The maximum atomic E-state index is 13.0. The third kappa shape index (κ3) is 3.21. The molecule has 0 aliphatic carbocycles. The van der Waals surface area contributed by atoms with Gasteiger partial charge in [-0.15, -0.1) is 0 Å². The van der Waals surface area contributed by atoms with Crippen LogP contribution in [-0.4, -0.2) is 8.42 Å². The van der Waals surface area contributed by atoms with E-state index in [9.17, 15) is 17.2 Å². The first-order chi connectivity index (χ1) is 8.88. The molecule has 0 aromatic heterocycles. The van der Waals surface area contributed by atoms with Gasteiger partial charge in [-0.25, -0.2) is 8.78 Å². The van der Waals surface area contributed by atoms with Crippen LogP contribution in [0.25, 0.3) is 0 Å². The smallest absolute Gasteiger partial charge is 0.339 e. The number of halogens is 3. The maximum Gasteiger partial charge on any atom is 0.339 e. The second-order valence-corrected chi connectivity index (χ2v) is 5.55. The summed E-state index contributed by atoms with van der Waals surface area (Å²) in [5.41, 5.74) is 0. The summed E-state index contributed by atoms with van der Waals surface area (Å²) in [6.45, 7) is 0. The number of hydrogen-bond donors (Lipinski definition) is 0. The Morgan fingerprint density at radius 2 is 1.74 bits per heavy atom. The van der Waals surface area contributed by atoms with Crippen LogP contribution >= 0.6 is 11.6 Å². The van der Waals surface area contributed by atoms with Crippen LogP contribution in [0.2, 0.25) is 5.02 Å². The van der Waals surface area contributed by atoms with Gasteiger partial charge in [0.2, 0.25) is 0 Å². The average molecular weight is 305 g/mol. The highest BCUT2D eigenvalue weighted by molar-refractivity contribution is 7.87. The SMILES string of the molecule is O=S(=O)(Oc1ccc(F)c(F)c1)c1cccc(Cl)c1. The minimum Gasteiger partial charge on any atom is -0.379 e. The molecule has 0 unspecified atom stereocenters. The first-order valence-corrected chi connectivity index (χ1v) is 6.82. The molecule has 0 aliphatic rings. The van der Waals surface area contributed by atoms with Gasteiger partial charge >= 0.3 is 10.1 Å². The molecule has 0 bridgehead atoms. The van der Waals surface area contributed by atoms with Gasteiger partial charge in [-0.3, -0.25) is 0 Å². The molecular formula is C12H7ClF2O3S. The molecule has 0 saturated carbocycles. The highest BCUT2D eigenvalue weighted by Crippen LogP contribution is 2.22. The number of rotatable bonds is 3. The third-order valence-corrected chi connectivity index (χ3v) is 3.66. The van der Waals surface area contributed by atoms with E-state index in [4.69, 9.17) is 11.6 Å². The van der Waals surface area contributed by atoms with Gasteiger partial charge in [-0.1, -0.05) is 17.7 Å². The fraction of sp³-hybridized carbons (Fsp3) is 0. The van der Waals surface area contributed by atoms with Crippen LogP contribution in [0, 0.1) is 11.6 Å². The fourth-order valence-electron chi connectivity index (χ4n) is 1.33. The molecule has 2 aromatic carbocycles. The standard InChI is InChI=1S/C12H7ClF2O3S/c13-8-2-1-3-10(6-8)19(16,17)18-9-4-5-11(14)12(15)7-9/h1-7H. The normalized spacial score (nSPS) is 11.3. The van der Waals surface area contributed by atoms with Crippen LogP contribution in [0.15, 0.2) is 47.4 Å². The molecule has 0 spiro atoms. The second-order valence-electron chi connectivity index (χ2n) is 3.57. The molecule has 0 atom stereocenters. The van der Waals surface area contributed by atoms with E-state index in [1.54, 1.807) is 0 Å². The molecule has 19 heavy (non-hydrogen) atoms. The van der Waals surface area contributed by atoms with Crippen molar-refractivity contribution >= 4 is 21.7 Å². The molecule has 0 radical (unpaired) electrons. The van der Waals surface area contributed by atoms with Gasteiger partial charge in [-0.05, 0) is 30.3 Å². The second kappa shape index (κ2) is 5.14. The Hall–Kier alpha value is -1.66. The topological polar surface area (TPSA) is 43.4 Å². The van der Waals surface area contributed by atoms with Crippen LogP contribution < -0.4 is 4.18 Å². The van der Waals surface area contributed by atoms with Gasteiger partial charge in [0.15, 0.2) is 11.6 Å². The highest BCUT2D eigenvalue weighted by Gasteiger charge is 2.17. The van der Waals surface area contributed by atoms with Crippen molar-refractivity contribution in [3.8, 4) is 5.75 Å². The minimum absolute atomic E-state index is 0.176. The monoisotopic (exact) mass is 304 g/mol. The summed E-state index contributed by atoms with van der Waals surface area (Å²) >= 11 is 5.67. The summed E-state index contributed by atoms with van der Waals surface area (Å²) in [7, 11) is -4.14. The highest BCUT2D eigenvalue weighted by atomic mass is 35.5. The quantitative estimate of drug-likeness (QED) is 0.816. The van der Waals surface area contributed by atoms with Gasteiger partial charge in [0.25, 0.3) is 0 Å². The average Bonchev–Trinajstić information content (AvgIpc) is 2.33. The molecule has 2 aromatic rings. The summed E-state index contributed by atoms with van der Waals surface area (Å²) in [6, 6.07) is 7.84. The molecule has 0 saturated heterocycles. The van der Waals surface area contributed by atoms with E-state index < -0.39 is 21.8 Å². The summed E-state index contributed by atoms with van der Waals surface area (Å²) < 4.78 is 54.1. The number of hydrogen-bond acceptors (Lipinski definition) is 3. The largest absolute Gasteiger partial charge is 0.379 e. The molecular weight excluding hydrogens is 298 g/mol. The van der Waals surface area contributed by atoms with Gasteiger partial charge in [-0.2, -0.15) is 8.42 Å². The summed E-state index contributed by atoms with van der Waals surface area (Å²) in [5.74, 6) is -2.61. The third-order valence-electron chi connectivity index (χ3n) is 2.18. The molecule has 0 heterocycles. The van der Waals surface area contributed by atoms with E-state index in [2.05, 4.69) is 4.18 Å². The van der Waals surface area contributed by atoms with Crippen molar-refractivity contribution in [2.24, 2.45) is 0 Å². The molecule has 0 amide bonds. The van der Waals surface area contributed by atoms with Crippen LogP contribution in [0.1, 0.15) is 0 Å². The van der Waals surface area contributed by atoms with Crippen LogP contribution in [0.3, 0.4) is 0 Å². The lowest BCUT2D eigenvalue weighted by Crippen LogP contribution is -2.09. The Balaban J connectivity index is 2.33. The summed E-state index contributed by atoms with van der Waals surface area (Å²) in [5, 5.41) is 0.218. The van der Waals surface area contributed by atoms with Crippen molar-refractivity contribution in [2.45, 2.75) is 4.90 Å². The lowest BCUT2D eigenvalue weighted by atomic mass is 10.3. The Bertz CT molecular complexity index is 717. The van der Waals surface area contributed by atoms with E-state index in [0.717, 1.165) is 12.1 Å². The Kier molecular flexibility index (Phi) is 3.73. The molecule has 2 rings (SSSR count). The van der Waals surface area contributed by atoms with Gasteiger partial charge < -0.3 is 4.18 Å². The first kappa shape index (κ1) is 13.8. The molecule has 7 heteroatoms. The van der Waals surface area contributed by atoms with Gasteiger partial charge in [0.05, 0.1) is 0 Å². The molecule has 100 valence electrons. The molecule has 0 aliphatic heterocycles. The lowest BCUT2D eigenvalue weighted by molar-refractivity contribution is 0.472. The Labute approximate surface area is 113 Å².